The van der Waals surface area contributed by atoms with Crippen molar-refractivity contribution in [1.29, 1.82) is 0 Å². The van der Waals surface area contributed by atoms with Crippen molar-refractivity contribution < 1.29 is 73.2 Å². The van der Waals surface area contributed by atoms with Crippen molar-refractivity contribution >= 4 is 100 Å². The van der Waals surface area contributed by atoms with E-state index in [1.165, 1.54) is 43.0 Å². The zero-order valence-electron chi connectivity index (χ0n) is 42.5. The number of nitrogens with one attached hydrogen (secondary N) is 9. The Balaban J connectivity index is 1.54. The molecule has 27 heteroatoms. The number of benzene rings is 3. The van der Waals surface area contributed by atoms with Gasteiger partial charge in [-0.05, 0) is 66.7 Å². The van der Waals surface area contributed by atoms with Crippen LogP contribution >= 0.6 is 24.4 Å². The van der Waals surface area contributed by atoms with Gasteiger partial charge in [-0.15, -0.1) is 0 Å². The number of aromatic amines is 1. The average Bonchev–Trinajstić information content (AvgIpc) is 3.82. The van der Waals surface area contributed by atoms with Crippen LogP contribution in [-0.4, -0.2) is 163 Å². The van der Waals surface area contributed by atoms with E-state index in [4.69, 9.17) is 5.73 Å². The lowest BCUT2D eigenvalue weighted by molar-refractivity contribution is -0.143. The number of rotatable bonds is 32. The molecule has 0 unspecified atom stereocenters. The second-order valence-corrected chi connectivity index (χ2v) is 19.3. The number of phenolic OH excluding ortho intramolecular Hbond substituents is 1. The molecule has 3 aromatic carbocycles. The van der Waals surface area contributed by atoms with Gasteiger partial charge < -0.3 is 73.7 Å². The topological polar surface area (TPSA) is 407 Å². The number of fused-ring (bicyclic) bond motifs is 1. The van der Waals surface area contributed by atoms with Gasteiger partial charge in [-0.2, -0.15) is 24.4 Å². The van der Waals surface area contributed by atoms with Crippen LogP contribution in [0.15, 0.2) is 85.1 Å². The lowest BCUT2D eigenvalue weighted by Crippen LogP contribution is -2.59. The summed E-state index contributed by atoms with van der Waals surface area (Å²) in [6, 6.07) is 9.39. The molecule has 0 saturated carbocycles. The highest BCUT2D eigenvalue weighted by atomic mass is 32.2. The number of amides is 8. The Hall–Kier alpha value is -8.17. The Morgan fingerprint density at radius 3 is 1.77 bits per heavy atom. The fourth-order valence-electron chi connectivity index (χ4n) is 7.67. The third-order valence-corrected chi connectivity index (χ3v) is 12.9. The quantitative estimate of drug-likeness (QED) is 0.0257. The molecule has 0 aliphatic rings. The monoisotopic (exact) mass is 1120 g/mol. The minimum atomic E-state index is -1.79. The van der Waals surface area contributed by atoms with Gasteiger partial charge in [0.15, 0.2) is 0 Å². The first kappa shape index (κ1) is 62.4. The van der Waals surface area contributed by atoms with Crippen LogP contribution < -0.4 is 48.3 Å². The lowest BCUT2D eigenvalue weighted by atomic mass is 10.0. The van der Waals surface area contributed by atoms with E-state index in [0.29, 0.717) is 27.6 Å². The van der Waals surface area contributed by atoms with Crippen LogP contribution in [0.2, 0.25) is 0 Å². The number of carboxylic acids is 3. The average molecular weight is 1120 g/mol. The predicted octanol–water partition coefficient (Wildman–Crippen LogP) is -1.13. The second kappa shape index (κ2) is 31.1. The number of para-hydroxylation sites is 1. The Morgan fingerprint density at radius 1 is 0.590 bits per heavy atom. The van der Waals surface area contributed by atoms with Crippen LogP contribution in [-0.2, 0) is 72.0 Å². The van der Waals surface area contributed by atoms with E-state index in [2.05, 4.69) is 60.1 Å². The molecule has 0 bridgehead atoms. The van der Waals surface area contributed by atoms with Gasteiger partial charge in [0, 0.05) is 48.5 Å². The molecule has 8 amide bonds. The van der Waals surface area contributed by atoms with Crippen molar-refractivity contribution in [3.8, 4) is 5.75 Å². The molecule has 0 aliphatic carbocycles. The number of aliphatic carboxylic acids is 3. The molecule has 0 aliphatic heterocycles. The van der Waals surface area contributed by atoms with E-state index in [1.54, 1.807) is 67.0 Å². The number of hydrogen-bond donors (Lipinski definition) is 15. The molecular formula is C51H64N10O15S2. The van der Waals surface area contributed by atoms with E-state index in [1.807, 2.05) is 0 Å². The summed E-state index contributed by atoms with van der Waals surface area (Å²) in [6.45, 7) is 0.476. The van der Waals surface area contributed by atoms with Crippen LogP contribution in [0.3, 0.4) is 0 Å². The predicted molar refractivity (Wildman–Crippen MR) is 288 cm³/mol. The van der Waals surface area contributed by atoms with Gasteiger partial charge in [-0.3, -0.25) is 47.9 Å². The maximum Gasteiger partial charge on any atom is 0.326 e. The van der Waals surface area contributed by atoms with Crippen molar-refractivity contribution in [2.45, 2.75) is 100 Å². The van der Waals surface area contributed by atoms with Crippen LogP contribution in [0.4, 0.5) is 0 Å². The van der Waals surface area contributed by atoms with Gasteiger partial charge >= 0.3 is 17.9 Å². The molecule has 1 aromatic heterocycles. The van der Waals surface area contributed by atoms with Crippen molar-refractivity contribution in [3.63, 3.8) is 0 Å². The molecule has 15 N–H and O–H groups in total. The number of H-pyrrole nitrogens is 1. The standard InChI is InChI=1S/C51H64N10O15S2/c1-27(55-47(71)35(16-17-42(64)65)57-45(69)33(52)26-77)44(68)59-37(20-29-12-14-31(62)15-13-29)46(70)54-25-41(63)56-38(22-30-24-53-34-11-7-6-10-32(30)34)49(73)58-36(18-19-78-2)48(72)60-39(23-43(66)67)50(74)61-40(51(75)76)21-28-8-4-3-5-9-28/h3-15,24,27,33,35-40,53,62,77H,16-23,25-26,52H2,1-2H3,(H,54,70)(H,55,71)(H,56,63)(H,57,69)(H,58,73)(H,59,68)(H,60,72)(H,61,74)(H,64,65)(H,66,67)(H,75,76)/t27-,33-,35-,36-,37-,38-,39-,40-/m0/s1. The molecule has 0 radical (unpaired) electrons. The first-order valence-corrected chi connectivity index (χ1v) is 26.4. The van der Waals surface area contributed by atoms with Crippen LogP contribution in [0.5, 0.6) is 5.75 Å². The van der Waals surface area contributed by atoms with Crippen molar-refractivity contribution in [3.05, 3.63) is 102 Å². The molecule has 1 heterocycles. The van der Waals surface area contributed by atoms with E-state index in [-0.39, 0.29) is 49.4 Å². The number of aromatic hydroxyl groups is 1. The second-order valence-electron chi connectivity index (χ2n) is 17.9. The van der Waals surface area contributed by atoms with E-state index in [0.717, 1.165) is 0 Å². The molecule has 4 aromatic rings. The van der Waals surface area contributed by atoms with Gasteiger partial charge in [-0.25, -0.2) is 4.79 Å². The zero-order valence-corrected chi connectivity index (χ0v) is 44.2. The molecule has 8 atom stereocenters. The van der Waals surface area contributed by atoms with Crippen LogP contribution in [0.1, 0.15) is 49.3 Å². The Bertz CT molecular complexity index is 2770. The highest BCUT2D eigenvalue weighted by Gasteiger charge is 2.34. The summed E-state index contributed by atoms with van der Waals surface area (Å²) >= 11 is 5.26. The third kappa shape index (κ3) is 20.4. The molecular weight excluding hydrogens is 1060 g/mol. The van der Waals surface area contributed by atoms with Crippen molar-refractivity contribution in [1.82, 2.24) is 47.5 Å². The smallest absolute Gasteiger partial charge is 0.326 e. The van der Waals surface area contributed by atoms with E-state index < -0.39 is 133 Å². The Morgan fingerprint density at radius 2 is 1.13 bits per heavy atom. The normalized spacial score (nSPS) is 14.1. The summed E-state index contributed by atoms with van der Waals surface area (Å²) in [5, 5.41) is 58.9. The first-order valence-electron chi connectivity index (χ1n) is 24.4. The maximum absolute atomic E-state index is 14.4. The largest absolute Gasteiger partial charge is 0.508 e. The molecule has 0 spiro atoms. The summed E-state index contributed by atoms with van der Waals surface area (Å²) in [5.41, 5.74) is 7.94. The fourth-order valence-corrected chi connectivity index (χ4v) is 8.31. The maximum atomic E-state index is 14.4. The molecule has 4 rings (SSSR count). The van der Waals surface area contributed by atoms with Crippen LogP contribution in [0.25, 0.3) is 10.9 Å². The van der Waals surface area contributed by atoms with E-state index >= 15 is 0 Å². The summed E-state index contributed by atoms with van der Waals surface area (Å²) in [4.78, 5) is 147. The Kier molecular flexibility index (Phi) is 24.9. The zero-order chi connectivity index (χ0) is 57.5. The number of carbonyl (C=O) groups is 11. The minimum Gasteiger partial charge on any atom is -0.508 e. The Labute approximate surface area is 457 Å². The van der Waals surface area contributed by atoms with E-state index in [9.17, 15) is 73.2 Å². The number of carbonyl (C=O) groups excluding carboxylic acids is 8. The first-order chi connectivity index (χ1) is 37.1. The highest BCUT2D eigenvalue weighted by molar-refractivity contribution is 7.98. The summed E-state index contributed by atoms with van der Waals surface area (Å²) in [5.74, 6) is -11.6. The van der Waals surface area contributed by atoms with Gasteiger partial charge in [0.05, 0.1) is 19.0 Å². The minimum absolute atomic E-state index is 0.0564. The van der Waals surface area contributed by atoms with Crippen LogP contribution in [0, 0.1) is 0 Å². The van der Waals surface area contributed by atoms with Gasteiger partial charge in [0.25, 0.3) is 0 Å². The number of nitrogens with two attached hydrogens (primary N) is 1. The summed E-state index contributed by atoms with van der Waals surface area (Å²) in [6.07, 6.45) is 0.865. The molecule has 25 nitrogen and oxygen atoms in total. The molecule has 0 saturated heterocycles. The number of thiol groups is 1. The van der Waals surface area contributed by atoms with Gasteiger partial charge in [0.1, 0.15) is 48.0 Å². The number of aromatic nitrogens is 1. The SMILES string of the molecule is CSCC[C@H](NC(=O)[C@H](Cc1c[nH]c2ccccc12)NC(=O)CNC(=O)[C@H](Cc1ccc(O)cc1)NC(=O)[C@H](C)NC(=O)[C@H](CCC(=O)O)NC(=O)[C@@H](N)CS)C(=O)N[C@@H](CC(=O)O)C(=O)N[C@@H](Cc1ccccc1)C(=O)O. The number of phenols is 1. The summed E-state index contributed by atoms with van der Waals surface area (Å²) in [7, 11) is 0. The molecule has 78 heavy (non-hydrogen) atoms. The van der Waals surface area contributed by atoms with Crippen molar-refractivity contribution in [2.75, 3.05) is 24.3 Å². The highest BCUT2D eigenvalue weighted by Crippen LogP contribution is 2.20. The van der Waals surface area contributed by atoms with Gasteiger partial charge in [-0.1, -0.05) is 60.7 Å². The fraction of sp³-hybridized carbons (Fsp3) is 0.392. The molecule has 420 valence electrons. The summed E-state index contributed by atoms with van der Waals surface area (Å²) < 4.78 is 0. The number of hydrogen-bond acceptors (Lipinski definition) is 15. The van der Waals surface area contributed by atoms with Crippen molar-refractivity contribution in [2.24, 2.45) is 5.73 Å². The number of thioether (sulfide) groups is 1. The van der Waals surface area contributed by atoms with Gasteiger partial charge in [0.2, 0.25) is 47.3 Å². The lowest BCUT2D eigenvalue weighted by Gasteiger charge is -2.26. The molecule has 0 fully saturated rings. The third-order valence-electron chi connectivity index (χ3n) is 11.9. The number of carboxylic acid groups (broad SMARTS) is 3.